The van der Waals surface area contributed by atoms with Crippen LogP contribution in [0.1, 0.15) is 27.7 Å². The van der Waals surface area contributed by atoms with Gasteiger partial charge < -0.3 is 20.1 Å². The van der Waals surface area contributed by atoms with Gasteiger partial charge in [-0.15, -0.1) is 0 Å². The second-order valence-corrected chi connectivity index (χ2v) is 5.19. The molecule has 0 spiro atoms. The Morgan fingerprint density at radius 3 is 2.69 bits per heavy atom. The number of hydrogen-bond acceptors (Lipinski definition) is 4. The van der Waals surface area contributed by atoms with Crippen molar-refractivity contribution in [3.05, 3.63) is 0 Å². The van der Waals surface area contributed by atoms with Crippen LogP contribution in [0.3, 0.4) is 0 Å². The number of rotatable bonds is 1. The van der Waals surface area contributed by atoms with Gasteiger partial charge in [0, 0.05) is 12.6 Å². The lowest BCUT2D eigenvalue weighted by atomic mass is 10.1. The third-order valence-electron chi connectivity index (χ3n) is 2.33. The molecule has 0 aromatic carbocycles. The van der Waals surface area contributed by atoms with Crippen LogP contribution in [0.2, 0.25) is 0 Å². The van der Waals surface area contributed by atoms with E-state index in [-0.39, 0.29) is 18.2 Å². The number of carbonyl (C=O) groups excluding carboxylic acids is 1. The van der Waals surface area contributed by atoms with Gasteiger partial charge >= 0.3 is 6.09 Å². The van der Waals surface area contributed by atoms with Gasteiger partial charge in [-0.05, 0) is 27.7 Å². The highest BCUT2D eigenvalue weighted by Crippen LogP contribution is 2.13. The van der Waals surface area contributed by atoms with E-state index in [9.17, 15) is 4.79 Å². The van der Waals surface area contributed by atoms with Gasteiger partial charge in [0.25, 0.3) is 0 Å². The van der Waals surface area contributed by atoms with Crippen LogP contribution in [0.25, 0.3) is 0 Å². The SMILES string of the molecule is C[C@@H](N)[C@@H]1CN(C(=O)OC(C)(C)C)CCO1. The van der Waals surface area contributed by atoms with Gasteiger partial charge in [-0.3, -0.25) is 0 Å². The van der Waals surface area contributed by atoms with Crippen LogP contribution < -0.4 is 5.73 Å². The fourth-order valence-electron chi connectivity index (χ4n) is 1.49. The number of nitrogens with zero attached hydrogens (tertiary/aromatic N) is 1. The maximum absolute atomic E-state index is 11.8. The van der Waals surface area contributed by atoms with Gasteiger partial charge in [0.2, 0.25) is 0 Å². The Kier molecular flexibility index (Phi) is 4.15. The first-order chi connectivity index (χ1) is 7.29. The summed E-state index contributed by atoms with van der Waals surface area (Å²) < 4.78 is 10.8. The summed E-state index contributed by atoms with van der Waals surface area (Å²) in [7, 11) is 0. The molecule has 5 heteroatoms. The topological polar surface area (TPSA) is 64.8 Å². The molecule has 0 bridgehead atoms. The maximum Gasteiger partial charge on any atom is 0.410 e. The van der Waals surface area contributed by atoms with E-state index >= 15 is 0 Å². The highest BCUT2D eigenvalue weighted by Gasteiger charge is 2.29. The molecule has 2 atom stereocenters. The lowest BCUT2D eigenvalue weighted by Crippen LogP contribution is -2.52. The molecule has 1 fully saturated rings. The highest BCUT2D eigenvalue weighted by atomic mass is 16.6. The van der Waals surface area contributed by atoms with E-state index in [1.807, 2.05) is 27.7 Å². The normalized spacial score (nSPS) is 24.1. The lowest BCUT2D eigenvalue weighted by molar-refractivity contribution is -0.0483. The Morgan fingerprint density at radius 1 is 1.56 bits per heavy atom. The van der Waals surface area contributed by atoms with E-state index in [0.29, 0.717) is 19.7 Å². The molecule has 1 amide bonds. The predicted molar refractivity (Wildman–Crippen MR) is 61.2 cm³/mol. The molecule has 16 heavy (non-hydrogen) atoms. The molecule has 0 aliphatic carbocycles. The maximum atomic E-state index is 11.8. The van der Waals surface area contributed by atoms with Crippen LogP contribution in [0.15, 0.2) is 0 Å². The van der Waals surface area contributed by atoms with Crippen molar-refractivity contribution < 1.29 is 14.3 Å². The third-order valence-corrected chi connectivity index (χ3v) is 2.33. The average molecular weight is 230 g/mol. The van der Waals surface area contributed by atoms with Crippen LogP contribution in [0.5, 0.6) is 0 Å². The van der Waals surface area contributed by atoms with Crippen molar-refractivity contribution in [2.24, 2.45) is 5.73 Å². The molecule has 0 aromatic rings. The summed E-state index contributed by atoms with van der Waals surface area (Å²) in [5.41, 5.74) is 5.29. The van der Waals surface area contributed by atoms with Crippen molar-refractivity contribution in [3.63, 3.8) is 0 Å². The van der Waals surface area contributed by atoms with Crippen LogP contribution >= 0.6 is 0 Å². The molecule has 1 aliphatic rings. The number of amides is 1. The van der Waals surface area contributed by atoms with Crippen molar-refractivity contribution in [1.82, 2.24) is 4.90 Å². The minimum Gasteiger partial charge on any atom is -0.444 e. The average Bonchev–Trinajstić information content (AvgIpc) is 2.15. The first-order valence-electron chi connectivity index (χ1n) is 5.65. The fraction of sp³-hybridized carbons (Fsp3) is 0.909. The van der Waals surface area contributed by atoms with Crippen molar-refractivity contribution in [1.29, 1.82) is 0 Å². The zero-order valence-electron chi connectivity index (χ0n) is 10.5. The Balaban J connectivity index is 2.50. The van der Waals surface area contributed by atoms with Gasteiger partial charge in [-0.2, -0.15) is 0 Å². The first-order valence-corrected chi connectivity index (χ1v) is 5.65. The molecule has 1 aliphatic heterocycles. The zero-order valence-corrected chi connectivity index (χ0v) is 10.5. The largest absolute Gasteiger partial charge is 0.444 e. The van der Waals surface area contributed by atoms with E-state index in [1.54, 1.807) is 4.90 Å². The van der Waals surface area contributed by atoms with Crippen LogP contribution in [0.4, 0.5) is 4.79 Å². The molecule has 1 heterocycles. The molecular weight excluding hydrogens is 208 g/mol. The molecule has 0 aromatic heterocycles. The van der Waals surface area contributed by atoms with E-state index in [0.717, 1.165) is 0 Å². The Hall–Kier alpha value is -0.810. The molecular formula is C11H22N2O3. The minimum atomic E-state index is -0.459. The third kappa shape index (κ3) is 3.98. The van der Waals surface area contributed by atoms with E-state index in [1.165, 1.54) is 0 Å². The Bertz CT molecular complexity index is 248. The summed E-state index contributed by atoms with van der Waals surface area (Å²) in [5, 5.41) is 0. The highest BCUT2D eigenvalue weighted by molar-refractivity contribution is 5.68. The number of hydrogen-bond donors (Lipinski definition) is 1. The molecule has 0 saturated carbocycles. The smallest absolute Gasteiger partial charge is 0.410 e. The van der Waals surface area contributed by atoms with Crippen molar-refractivity contribution >= 4 is 6.09 Å². The summed E-state index contributed by atoms with van der Waals surface area (Å²) in [4.78, 5) is 13.4. The van der Waals surface area contributed by atoms with Gasteiger partial charge in [-0.25, -0.2) is 4.79 Å². The number of nitrogens with two attached hydrogens (primary N) is 1. The van der Waals surface area contributed by atoms with E-state index < -0.39 is 5.60 Å². The standard InChI is InChI=1S/C11H22N2O3/c1-8(12)9-7-13(5-6-15-9)10(14)16-11(2,3)4/h8-9H,5-7,12H2,1-4H3/t8-,9+/m1/s1. The van der Waals surface area contributed by atoms with Crippen LogP contribution in [-0.4, -0.2) is 48.4 Å². The number of morpholine rings is 1. The van der Waals surface area contributed by atoms with Crippen molar-refractivity contribution in [2.75, 3.05) is 19.7 Å². The molecule has 0 radical (unpaired) electrons. The molecule has 1 rings (SSSR count). The van der Waals surface area contributed by atoms with Crippen molar-refractivity contribution in [2.45, 2.75) is 45.4 Å². The fourth-order valence-corrected chi connectivity index (χ4v) is 1.49. The van der Waals surface area contributed by atoms with E-state index in [2.05, 4.69) is 0 Å². The first kappa shape index (κ1) is 13.3. The number of carbonyl (C=O) groups is 1. The summed E-state index contributed by atoms with van der Waals surface area (Å²) in [6.45, 7) is 9.04. The molecule has 5 nitrogen and oxygen atoms in total. The van der Waals surface area contributed by atoms with Crippen LogP contribution in [-0.2, 0) is 9.47 Å². The second kappa shape index (κ2) is 5.01. The summed E-state index contributed by atoms with van der Waals surface area (Å²) in [6.07, 6.45) is -0.386. The van der Waals surface area contributed by atoms with Crippen molar-refractivity contribution in [3.8, 4) is 0 Å². The summed E-state index contributed by atoms with van der Waals surface area (Å²) in [5.74, 6) is 0. The van der Waals surface area contributed by atoms with Gasteiger partial charge in [0.1, 0.15) is 5.60 Å². The summed E-state index contributed by atoms with van der Waals surface area (Å²) in [6, 6.07) is -0.0785. The summed E-state index contributed by atoms with van der Waals surface area (Å²) >= 11 is 0. The lowest BCUT2D eigenvalue weighted by Gasteiger charge is -2.35. The predicted octanol–water partition coefficient (Wildman–Crippen LogP) is 0.969. The zero-order chi connectivity index (χ0) is 12.3. The monoisotopic (exact) mass is 230 g/mol. The minimum absolute atomic E-state index is 0.0785. The molecule has 1 saturated heterocycles. The van der Waals surface area contributed by atoms with E-state index in [4.69, 9.17) is 15.2 Å². The molecule has 2 N–H and O–H groups in total. The van der Waals surface area contributed by atoms with Gasteiger partial charge in [0.05, 0.1) is 19.3 Å². The van der Waals surface area contributed by atoms with Gasteiger partial charge in [0.15, 0.2) is 0 Å². The molecule has 94 valence electrons. The number of ether oxygens (including phenoxy) is 2. The molecule has 0 unspecified atom stereocenters. The second-order valence-electron chi connectivity index (χ2n) is 5.19. The van der Waals surface area contributed by atoms with Crippen LogP contribution in [0, 0.1) is 0 Å². The Labute approximate surface area is 96.9 Å². The van der Waals surface area contributed by atoms with Gasteiger partial charge in [-0.1, -0.05) is 0 Å². The quantitative estimate of drug-likeness (QED) is 0.729. The Morgan fingerprint density at radius 2 is 2.19 bits per heavy atom.